The smallest absolute Gasteiger partial charge is 0.360 e. The third kappa shape index (κ3) is 3.87. The van der Waals surface area contributed by atoms with E-state index in [1.165, 1.54) is 11.8 Å². The van der Waals surface area contributed by atoms with Crippen molar-refractivity contribution in [1.29, 1.82) is 0 Å². The zero-order valence-corrected chi connectivity index (χ0v) is 12.3. The van der Waals surface area contributed by atoms with Crippen LogP contribution < -0.4 is 0 Å². The van der Waals surface area contributed by atoms with Crippen molar-refractivity contribution in [2.24, 2.45) is 0 Å². The summed E-state index contributed by atoms with van der Waals surface area (Å²) in [6.07, 6.45) is 0. The van der Waals surface area contributed by atoms with Gasteiger partial charge in [0, 0.05) is 19.0 Å². The number of rotatable bonds is 4. The maximum absolute atomic E-state index is 12.4. The first-order valence-corrected chi connectivity index (χ1v) is 6.36. The Bertz CT molecular complexity index is 552. The minimum absolute atomic E-state index is 0.343. The fourth-order valence-corrected chi connectivity index (χ4v) is 1.77. The van der Waals surface area contributed by atoms with Crippen LogP contribution in [0, 0.1) is 0 Å². The Morgan fingerprint density at radius 2 is 1.75 bits per heavy atom. The van der Waals surface area contributed by atoms with Crippen molar-refractivity contribution in [3.8, 4) is 0 Å². The molecule has 0 aromatic heterocycles. The molecule has 0 N–H and O–H groups in total. The van der Waals surface area contributed by atoms with Crippen LogP contribution in [0.3, 0.4) is 0 Å². The van der Waals surface area contributed by atoms with E-state index in [0.717, 1.165) is 5.56 Å². The van der Waals surface area contributed by atoms with E-state index in [9.17, 15) is 9.59 Å². The van der Waals surface area contributed by atoms with Crippen molar-refractivity contribution in [2.75, 3.05) is 0 Å². The highest BCUT2D eigenvalue weighted by Crippen LogP contribution is 2.18. The molecule has 0 aliphatic carbocycles. The minimum atomic E-state index is -0.573. The maximum Gasteiger partial charge on any atom is 0.421 e. The quantitative estimate of drug-likeness (QED) is 0.364. The molecule has 0 fully saturated rings. The van der Waals surface area contributed by atoms with Crippen LogP contribution in [0.1, 0.15) is 33.3 Å². The number of carbonyl (C=O) groups excluding carboxylic acids is 2. The predicted octanol–water partition coefficient (Wildman–Crippen LogP) is 2.07. The lowest BCUT2D eigenvalue weighted by Gasteiger charge is -2.34. The number of hydrogen-bond donors (Lipinski definition) is 0. The first-order valence-electron chi connectivity index (χ1n) is 6.36. The van der Waals surface area contributed by atoms with Crippen LogP contribution >= 0.6 is 0 Å². The molecule has 0 heterocycles. The normalized spacial score (nSPS) is 10.6. The summed E-state index contributed by atoms with van der Waals surface area (Å²) in [5.74, 6) is -1.13. The topological polar surface area (TPSA) is 73.8 Å². The summed E-state index contributed by atoms with van der Waals surface area (Å²) < 4.78 is 0. The van der Waals surface area contributed by atoms with Gasteiger partial charge in [-0.1, -0.05) is 30.3 Å². The summed E-state index contributed by atoms with van der Waals surface area (Å²) in [5.41, 5.74) is 8.86. The first kappa shape index (κ1) is 15.8. The number of ketones is 1. The van der Waals surface area contributed by atoms with Gasteiger partial charge < -0.3 is 10.4 Å². The Morgan fingerprint density at radius 1 is 1.20 bits per heavy atom. The second-order valence-electron chi connectivity index (χ2n) is 5.55. The van der Waals surface area contributed by atoms with Gasteiger partial charge in [-0.3, -0.25) is 9.59 Å². The van der Waals surface area contributed by atoms with Gasteiger partial charge in [0.25, 0.3) is 0 Å². The summed E-state index contributed by atoms with van der Waals surface area (Å²) in [5, 5.41) is 0. The maximum atomic E-state index is 12.4. The van der Waals surface area contributed by atoms with Crippen LogP contribution in [0.25, 0.3) is 5.53 Å². The molecular weight excluding hydrogens is 254 g/mol. The van der Waals surface area contributed by atoms with E-state index in [4.69, 9.17) is 5.53 Å². The van der Waals surface area contributed by atoms with E-state index in [-0.39, 0.29) is 0 Å². The van der Waals surface area contributed by atoms with E-state index >= 15 is 0 Å². The van der Waals surface area contributed by atoms with Crippen molar-refractivity contribution in [3.63, 3.8) is 0 Å². The van der Waals surface area contributed by atoms with Crippen molar-refractivity contribution < 1.29 is 14.4 Å². The second kappa shape index (κ2) is 6.26. The van der Waals surface area contributed by atoms with Gasteiger partial charge >= 0.3 is 11.6 Å². The average molecular weight is 273 g/mol. The Hall–Kier alpha value is -2.26. The van der Waals surface area contributed by atoms with E-state index in [1.54, 1.807) is 0 Å². The minimum Gasteiger partial charge on any atom is -0.360 e. The molecule has 106 valence electrons. The van der Waals surface area contributed by atoms with Crippen molar-refractivity contribution in [2.45, 2.75) is 39.8 Å². The highest BCUT2D eigenvalue weighted by atomic mass is 16.2. The van der Waals surface area contributed by atoms with Gasteiger partial charge in [0.1, 0.15) is 0 Å². The Kier molecular flexibility index (Phi) is 4.94. The lowest BCUT2D eigenvalue weighted by molar-refractivity contribution is -0.136. The molecule has 1 aromatic carbocycles. The fraction of sp³-hybridized carbons (Fsp3) is 0.400. The molecule has 0 saturated carbocycles. The molecule has 0 saturated heterocycles. The number of nitrogens with zero attached hydrogens (tertiary/aromatic N) is 3. The van der Waals surface area contributed by atoms with Crippen molar-refractivity contribution in [1.82, 2.24) is 4.90 Å². The molecule has 0 spiro atoms. The molecule has 0 bridgehead atoms. The summed E-state index contributed by atoms with van der Waals surface area (Å²) in [7, 11) is 0. The van der Waals surface area contributed by atoms with Crippen LogP contribution in [0.15, 0.2) is 30.3 Å². The lowest BCUT2D eigenvalue weighted by Crippen LogP contribution is -2.49. The summed E-state index contributed by atoms with van der Waals surface area (Å²) in [4.78, 5) is 28.1. The molecule has 0 aliphatic rings. The number of hydrogen-bond acceptors (Lipinski definition) is 2. The van der Waals surface area contributed by atoms with Crippen molar-refractivity contribution >= 4 is 17.4 Å². The molecule has 1 amide bonds. The number of carbonyl (C=O) groups is 2. The third-order valence-electron chi connectivity index (χ3n) is 2.87. The SMILES string of the molecule is CC(=O)C(=[N+]=[N-])C(=O)N(Cc1ccccc1)C(C)(C)C. The van der Waals surface area contributed by atoms with Gasteiger partial charge in [-0.15, -0.1) is 0 Å². The number of Topliss-reactive ketones (excluding diaryl/α,β-unsaturated/α-hetero) is 1. The van der Waals surface area contributed by atoms with Crippen LogP contribution in [0.4, 0.5) is 0 Å². The van der Waals surface area contributed by atoms with Crippen LogP contribution in [0.2, 0.25) is 0 Å². The van der Waals surface area contributed by atoms with E-state index in [0.29, 0.717) is 6.54 Å². The first-order chi connectivity index (χ1) is 9.27. The number of amides is 1. The molecular formula is C15H19N3O2. The van der Waals surface area contributed by atoms with Crippen LogP contribution in [0.5, 0.6) is 0 Å². The standard InChI is InChI=1S/C15H19N3O2/c1-11(19)13(17-16)14(20)18(15(2,3)4)10-12-8-6-5-7-9-12/h5-9H,10H2,1-4H3. The molecule has 20 heavy (non-hydrogen) atoms. The van der Waals surface area contributed by atoms with Crippen LogP contribution in [-0.2, 0) is 16.1 Å². The summed E-state index contributed by atoms with van der Waals surface area (Å²) in [6.45, 7) is 7.14. The van der Waals surface area contributed by atoms with E-state index in [1.807, 2.05) is 51.1 Å². The molecule has 0 atom stereocenters. The monoisotopic (exact) mass is 273 g/mol. The third-order valence-corrected chi connectivity index (χ3v) is 2.87. The molecule has 5 nitrogen and oxygen atoms in total. The Morgan fingerprint density at radius 3 is 2.15 bits per heavy atom. The van der Waals surface area contributed by atoms with Crippen LogP contribution in [-0.4, -0.2) is 32.6 Å². The fourth-order valence-electron chi connectivity index (χ4n) is 1.77. The molecule has 5 heteroatoms. The van der Waals surface area contributed by atoms with E-state index in [2.05, 4.69) is 4.79 Å². The summed E-state index contributed by atoms with van der Waals surface area (Å²) in [6, 6.07) is 9.45. The predicted molar refractivity (Wildman–Crippen MR) is 76.1 cm³/mol. The Labute approximate surface area is 118 Å². The van der Waals surface area contributed by atoms with Gasteiger partial charge in [-0.2, -0.15) is 4.79 Å². The molecule has 0 aliphatic heterocycles. The van der Waals surface area contributed by atoms with Gasteiger partial charge in [-0.25, -0.2) is 0 Å². The highest BCUT2D eigenvalue weighted by molar-refractivity contribution is 6.63. The van der Waals surface area contributed by atoms with Crippen molar-refractivity contribution in [3.05, 3.63) is 41.4 Å². The van der Waals surface area contributed by atoms with Gasteiger partial charge in [0.15, 0.2) is 0 Å². The Balaban J connectivity index is 3.12. The zero-order valence-electron chi connectivity index (χ0n) is 12.3. The van der Waals surface area contributed by atoms with Gasteiger partial charge in [-0.05, 0) is 26.3 Å². The average Bonchev–Trinajstić information content (AvgIpc) is 2.36. The second-order valence-corrected chi connectivity index (χ2v) is 5.55. The van der Waals surface area contributed by atoms with Gasteiger partial charge in [0.05, 0.1) is 0 Å². The largest absolute Gasteiger partial charge is 0.421 e. The lowest BCUT2D eigenvalue weighted by atomic mass is 10.0. The molecule has 0 radical (unpaired) electrons. The number of benzene rings is 1. The molecule has 1 aromatic rings. The van der Waals surface area contributed by atoms with E-state index < -0.39 is 22.9 Å². The zero-order chi connectivity index (χ0) is 15.3. The molecule has 0 unspecified atom stereocenters. The highest BCUT2D eigenvalue weighted by Gasteiger charge is 2.36. The van der Waals surface area contributed by atoms with Gasteiger partial charge in [0.2, 0.25) is 5.78 Å². The summed E-state index contributed by atoms with van der Waals surface area (Å²) >= 11 is 0. The molecule has 1 rings (SSSR count).